The second-order valence-electron chi connectivity index (χ2n) is 4.58. The molecule has 108 valence electrons. The van der Waals surface area contributed by atoms with Crippen LogP contribution in [0.15, 0.2) is 53.0 Å². The lowest BCUT2D eigenvalue weighted by Crippen LogP contribution is -2.09. The molecule has 0 aliphatic carbocycles. The van der Waals surface area contributed by atoms with E-state index in [2.05, 4.69) is 21.2 Å². The molecule has 0 radical (unpaired) electrons. The molecule has 0 atom stereocenters. The molecule has 0 saturated carbocycles. The quantitative estimate of drug-likeness (QED) is 0.833. The molecule has 0 saturated heterocycles. The Bertz CT molecular complexity index is 663. The Morgan fingerprint density at radius 3 is 2.57 bits per heavy atom. The number of methoxy groups -OCH3 is 1. The minimum atomic E-state index is -0.193. The number of aryl methyl sites for hydroxylation is 1. The molecule has 2 rings (SSSR count). The van der Waals surface area contributed by atoms with Gasteiger partial charge in [-0.3, -0.25) is 4.79 Å². The van der Waals surface area contributed by atoms with E-state index in [4.69, 9.17) is 4.74 Å². The summed E-state index contributed by atoms with van der Waals surface area (Å²) in [5.74, 6) is 0.452. The van der Waals surface area contributed by atoms with Gasteiger partial charge in [-0.05, 0) is 48.4 Å². The minimum absolute atomic E-state index is 0.193. The highest BCUT2D eigenvalue weighted by Gasteiger charge is 2.05. The van der Waals surface area contributed by atoms with Crippen molar-refractivity contribution in [3.63, 3.8) is 0 Å². The molecule has 2 aromatic carbocycles. The molecule has 0 spiro atoms. The number of carbonyl (C=O) groups excluding carboxylic acids is 1. The van der Waals surface area contributed by atoms with E-state index in [9.17, 15) is 4.79 Å². The summed E-state index contributed by atoms with van der Waals surface area (Å²) in [6, 6.07) is 13.4. The van der Waals surface area contributed by atoms with Crippen molar-refractivity contribution in [3.8, 4) is 5.75 Å². The third kappa shape index (κ3) is 4.46. The molecule has 0 aliphatic rings. The molecule has 0 aliphatic heterocycles. The zero-order valence-corrected chi connectivity index (χ0v) is 13.5. The highest BCUT2D eigenvalue weighted by molar-refractivity contribution is 9.10. The first-order chi connectivity index (χ1) is 10.1. The third-order valence-corrected chi connectivity index (χ3v) is 3.44. The molecule has 2 aromatic rings. The Labute approximate surface area is 132 Å². The first-order valence-electron chi connectivity index (χ1n) is 6.48. The summed E-state index contributed by atoms with van der Waals surface area (Å²) in [6.45, 7) is 1.97. The van der Waals surface area contributed by atoms with Gasteiger partial charge in [-0.2, -0.15) is 0 Å². The fraction of sp³-hybridized carbons (Fsp3) is 0.118. The summed E-state index contributed by atoms with van der Waals surface area (Å²) in [4.78, 5) is 12.0. The van der Waals surface area contributed by atoms with Gasteiger partial charge in [0, 0.05) is 10.5 Å². The molecule has 21 heavy (non-hydrogen) atoms. The van der Waals surface area contributed by atoms with Crippen LogP contribution in [0.2, 0.25) is 0 Å². The lowest BCUT2D eigenvalue weighted by molar-refractivity contribution is -0.111. The number of anilines is 1. The fourth-order valence-electron chi connectivity index (χ4n) is 1.84. The maximum atomic E-state index is 12.0. The summed E-state index contributed by atoms with van der Waals surface area (Å²) in [6.07, 6.45) is 3.27. The Balaban J connectivity index is 2.08. The molecule has 3 nitrogen and oxygen atoms in total. The van der Waals surface area contributed by atoms with Gasteiger partial charge in [-0.25, -0.2) is 0 Å². The van der Waals surface area contributed by atoms with E-state index in [1.54, 1.807) is 13.2 Å². The van der Waals surface area contributed by atoms with Crippen LogP contribution < -0.4 is 10.1 Å². The number of rotatable bonds is 4. The summed E-state index contributed by atoms with van der Waals surface area (Å²) in [5.41, 5.74) is 2.69. The van der Waals surface area contributed by atoms with Gasteiger partial charge in [0.05, 0.1) is 12.8 Å². The summed E-state index contributed by atoms with van der Waals surface area (Å²) >= 11 is 3.38. The smallest absolute Gasteiger partial charge is 0.248 e. The predicted molar refractivity (Wildman–Crippen MR) is 89.5 cm³/mol. The molecular formula is C17H16BrNO2. The number of hydrogen-bond donors (Lipinski definition) is 1. The number of benzene rings is 2. The lowest BCUT2D eigenvalue weighted by Gasteiger charge is -2.09. The van der Waals surface area contributed by atoms with Crippen LogP contribution >= 0.6 is 15.9 Å². The normalized spacial score (nSPS) is 10.6. The van der Waals surface area contributed by atoms with Gasteiger partial charge < -0.3 is 10.1 Å². The van der Waals surface area contributed by atoms with E-state index >= 15 is 0 Å². The number of hydrogen-bond acceptors (Lipinski definition) is 2. The molecular weight excluding hydrogens is 330 g/mol. The SMILES string of the molecule is COc1ccc(C)cc1NC(=O)/C=C/c1ccc(Br)cc1. The Kier molecular flexibility index (Phi) is 5.17. The molecule has 0 bridgehead atoms. The Morgan fingerprint density at radius 1 is 1.19 bits per heavy atom. The van der Waals surface area contributed by atoms with Gasteiger partial charge in [0.2, 0.25) is 5.91 Å². The van der Waals surface area contributed by atoms with E-state index < -0.39 is 0 Å². The van der Waals surface area contributed by atoms with E-state index in [0.29, 0.717) is 11.4 Å². The molecule has 4 heteroatoms. The van der Waals surface area contributed by atoms with Crippen molar-refractivity contribution in [3.05, 3.63) is 64.1 Å². The topological polar surface area (TPSA) is 38.3 Å². The van der Waals surface area contributed by atoms with Crippen LogP contribution in [0.1, 0.15) is 11.1 Å². The molecule has 1 N–H and O–H groups in total. The van der Waals surface area contributed by atoms with Gasteiger partial charge >= 0.3 is 0 Å². The largest absolute Gasteiger partial charge is 0.495 e. The van der Waals surface area contributed by atoms with Gasteiger partial charge in [-0.1, -0.05) is 34.1 Å². The van der Waals surface area contributed by atoms with Crippen LogP contribution in [0.5, 0.6) is 5.75 Å². The van der Waals surface area contributed by atoms with E-state index in [1.807, 2.05) is 49.4 Å². The number of nitrogens with one attached hydrogen (secondary N) is 1. The maximum Gasteiger partial charge on any atom is 0.248 e. The minimum Gasteiger partial charge on any atom is -0.495 e. The Morgan fingerprint density at radius 2 is 1.90 bits per heavy atom. The van der Waals surface area contributed by atoms with E-state index in [1.165, 1.54) is 6.08 Å². The average Bonchev–Trinajstić information content (AvgIpc) is 2.47. The van der Waals surface area contributed by atoms with Crippen LogP contribution in [0.3, 0.4) is 0 Å². The number of carbonyl (C=O) groups is 1. The van der Waals surface area contributed by atoms with Crippen molar-refractivity contribution < 1.29 is 9.53 Å². The number of amides is 1. The first kappa shape index (κ1) is 15.3. The number of ether oxygens (including phenoxy) is 1. The van der Waals surface area contributed by atoms with Crippen molar-refractivity contribution in [2.24, 2.45) is 0 Å². The van der Waals surface area contributed by atoms with Gasteiger partial charge in [0.25, 0.3) is 0 Å². The summed E-state index contributed by atoms with van der Waals surface area (Å²) < 4.78 is 6.24. The van der Waals surface area contributed by atoms with Gasteiger partial charge in [0.1, 0.15) is 5.75 Å². The van der Waals surface area contributed by atoms with Crippen LogP contribution in [-0.4, -0.2) is 13.0 Å². The maximum absolute atomic E-state index is 12.0. The summed E-state index contributed by atoms with van der Waals surface area (Å²) in [5, 5.41) is 2.82. The lowest BCUT2D eigenvalue weighted by atomic mass is 10.2. The third-order valence-electron chi connectivity index (χ3n) is 2.91. The van der Waals surface area contributed by atoms with Crippen LogP contribution in [-0.2, 0) is 4.79 Å². The zero-order chi connectivity index (χ0) is 15.2. The molecule has 0 fully saturated rings. The molecule has 0 aromatic heterocycles. The van der Waals surface area contributed by atoms with Gasteiger partial charge in [-0.15, -0.1) is 0 Å². The predicted octanol–water partition coefficient (Wildman–Crippen LogP) is 4.42. The van der Waals surface area contributed by atoms with Crippen molar-refractivity contribution in [1.29, 1.82) is 0 Å². The molecule has 0 unspecified atom stereocenters. The Hall–Kier alpha value is -2.07. The second-order valence-corrected chi connectivity index (χ2v) is 5.49. The van der Waals surface area contributed by atoms with Crippen molar-refractivity contribution in [2.75, 3.05) is 12.4 Å². The summed E-state index contributed by atoms with van der Waals surface area (Å²) in [7, 11) is 1.58. The fourth-order valence-corrected chi connectivity index (χ4v) is 2.10. The second kappa shape index (κ2) is 7.09. The van der Waals surface area contributed by atoms with E-state index in [0.717, 1.165) is 15.6 Å². The average molecular weight is 346 g/mol. The highest BCUT2D eigenvalue weighted by atomic mass is 79.9. The van der Waals surface area contributed by atoms with E-state index in [-0.39, 0.29) is 5.91 Å². The monoisotopic (exact) mass is 345 g/mol. The molecule has 0 heterocycles. The molecule has 1 amide bonds. The van der Waals surface area contributed by atoms with Gasteiger partial charge in [0.15, 0.2) is 0 Å². The van der Waals surface area contributed by atoms with Crippen LogP contribution in [0.4, 0.5) is 5.69 Å². The highest BCUT2D eigenvalue weighted by Crippen LogP contribution is 2.25. The number of halogens is 1. The standard InChI is InChI=1S/C17H16BrNO2/c1-12-3-9-16(21-2)15(11-12)19-17(20)10-6-13-4-7-14(18)8-5-13/h3-11H,1-2H3,(H,19,20)/b10-6+. The zero-order valence-electron chi connectivity index (χ0n) is 11.9. The van der Waals surface area contributed by atoms with Crippen LogP contribution in [0, 0.1) is 6.92 Å². The van der Waals surface area contributed by atoms with Crippen molar-refractivity contribution >= 4 is 33.6 Å². The van der Waals surface area contributed by atoms with Crippen molar-refractivity contribution in [2.45, 2.75) is 6.92 Å². The van der Waals surface area contributed by atoms with Crippen molar-refractivity contribution in [1.82, 2.24) is 0 Å². The van der Waals surface area contributed by atoms with Crippen LogP contribution in [0.25, 0.3) is 6.08 Å². The first-order valence-corrected chi connectivity index (χ1v) is 7.27.